The Morgan fingerprint density at radius 2 is 1.46 bits per heavy atom. The lowest BCUT2D eigenvalue weighted by molar-refractivity contribution is -0.137. The third-order valence-electron chi connectivity index (χ3n) is 12.7. The number of phenolic OH excluding ortho intramolecular Hbond substituents is 1. The van der Waals surface area contributed by atoms with E-state index in [9.17, 15) is 48.6 Å². The summed E-state index contributed by atoms with van der Waals surface area (Å²) in [5, 5.41) is 37.2. The number of hydrogen-bond acceptors (Lipinski definition) is 15. The second-order valence-corrected chi connectivity index (χ2v) is 22.9. The molecule has 19 nitrogen and oxygen atoms in total. The highest BCUT2D eigenvalue weighted by atomic mass is 33.1. The third-order valence-corrected chi connectivity index (χ3v) is 15.4. The standard InChI is InChI=1S/C52H69N9O10S3/c1-29(62)43-51(71)59-41(50(70)61-44(45(55)65)52(2,3)72)28-74-73-27-40(58-47(67)37(54)24-30-11-5-4-6-12-30)42(64)26-34(23-31-16-20-35(63)21-17-31)46(66)57-39(25-33-19-18-32-13-7-8-14-36(32)33)49(69)56-38(48(68)60-43)15-9-10-22-53/h4-8,11-14,16-17,19-21,29,34,37-41,43-44,62-63,72H,9-10,15,18,22-28,53-54H2,1-3H3,(H2,55,65)(H,56,69)(H,57,66)(H,58,67)(H,59,71)(H,60,68)(H,61,70)/t29-,34-,37-,38+,39-,40+,41+,43+,44-/m1/s1. The molecule has 1 heterocycles. The Balaban J connectivity index is 1.58. The fourth-order valence-electron chi connectivity index (χ4n) is 8.49. The van der Waals surface area contributed by atoms with Gasteiger partial charge in [-0.1, -0.05) is 94.4 Å². The maximum absolute atomic E-state index is 14.8. The molecule has 2 aliphatic rings. The predicted octanol–water partition coefficient (Wildman–Crippen LogP) is 1.12. The number of unbranched alkanes of at least 4 members (excludes halogenated alkanes) is 1. The first-order chi connectivity index (χ1) is 35.1. The Bertz CT molecular complexity index is 2490. The van der Waals surface area contributed by atoms with E-state index in [2.05, 4.69) is 44.5 Å². The van der Waals surface area contributed by atoms with Gasteiger partial charge in [0.1, 0.15) is 36.0 Å². The fraction of sp³-hybridized carbons (Fsp3) is 0.462. The minimum atomic E-state index is -1.68. The molecule has 400 valence electrons. The first kappa shape index (κ1) is 59.0. The van der Waals surface area contributed by atoms with Crippen LogP contribution in [0.25, 0.3) is 5.57 Å². The smallest absolute Gasteiger partial charge is 0.245 e. The Labute approximate surface area is 444 Å². The summed E-state index contributed by atoms with van der Waals surface area (Å²) >= 11 is 4.44. The highest BCUT2D eigenvalue weighted by molar-refractivity contribution is 8.76. The first-order valence-corrected chi connectivity index (χ1v) is 27.4. The first-order valence-electron chi connectivity index (χ1n) is 24.5. The van der Waals surface area contributed by atoms with E-state index >= 15 is 0 Å². The topological polar surface area (TPSA) is 327 Å². The molecule has 1 aliphatic heterocycles. The van der Waals surface area contributed by atoms with Crippen molar-refractivity contribution >= 4 is 86.9 Å². The monoisotopic (exact) mass is 1080 g/mol. The van der Waals surface area contributed by atoms with E-state index in [4.69, 9.17) is 17.2 Å². The van der Waals surface area contributed by atoms with Gasteiger partial charge in [-0.05, 0) is 106 Å². The molecule has 14 N–H and O–H groups in total. The van der Waals surface area contributed by atoms with E-state index in [-0.39, 0.29) is 49.5 Å². The van der Waals surface area contributed by atoms with Crippen molar-refractivity contribution in [2.24, 2.45) is 23.1 Å². The van der Waals surface area contributed by atoms with Gasteiger partial charge in [-0.2, -0.15) is 12.6 Å². The van der Waals surface area contributed by atoms with Crippen molar-refractivity contribution in [2.75, 3.05) is 18.1 Å². The minimum absolute atomic E-state index is 0.0272. The van der Waals surface area contributed by atoms with E-state index < -0.39 is 113 Å². The van der Waals surface area contributed by atoms with Crippen molar-refractivity contribution in [3.63, 3.8) is 0 Å². The number of allylic oxidation sites excluding steroid dienone is 1. The minimum Gasteiger partial charge on any atom is -0.508 e. The number of benzene rings is 3. The van der Waals surface area contributed by atoms with E-state index in [1.807, 2.05) is 36.4 Å². The van der Waals surface area contributed by atoms with Crippen molar-refractivity contribution < 1.29 is 48.6 Å². The van der Waals surface area contributed by atoms with Crippen LogP contribution in [0.15, 0.2) is 84.9 Å². The molecular formula is C52H69N9O10S3. The number of primary amides is 1. The molecule has 3 aromatic carbocycles. The largest absolute Gasteiger partial charge is 0.508 e. The predicted molar refractivity (Wildman–Crippen MR) is 289 cm³/mol. The van der Waals surface area contributed by atoms with Gasteiger partial charge in [-0.15, -0.1) is 0 Å². The molecular weight excluding hydrogens is 1010 g/mol. The summed E-state index contributed by atoms with van der Waals surface area (Å²) in [6.07, 6.45) is 1.43. The SMILES string of the molecule is C[C@@H](O)[C@@H]1NC(=O)[C@H](CCCCN)NC(=O)[C@@H](CC2=CCc3ccccc32)NC(=O)[C@H](Cc2ccc(O)cc2)CC(=O)[C@@H](NC(=O)[C@H](N)Cc2ccccc2)CSSC[C@@H](C(=O)N[C@H](C(N)=O)C(C)(C)S)NC1=O. The third kappa shape index (κ3) is 17.6. The molecule has 0 radical (unpaired) electrons. The van der Waals surface area contributed by atoms with Crippen molar-refractivity contribution in [1.29, 1.82) is 0 Å². The second-order valence-electron chi connectivity index (χ2n) is 19.2. The van der Waals surface area contributed by atoms with Crippen LogP contribution in [0, 0.1) is 5.92 Å². The summed E-state index contributed by atoms with van der Waals surface area (Å²) in [6.45, 7) is 4.62. The lowest BCUT2D eigenvalue weighted by Gasteiger charge is -2.31. The highest BCUT2D eigenvalue weighted by Crippen LogP contribution is 2.31. The number of Topliss-reactive ketones (excluding diaryl/α,β-unsaturated/α-hetero) is 1. The molecule has 1 aliphatic carbocycles. The van der Waals surface area contributed by atoms with Crippen LogP contribution in [0.4, 0.5) is 0 Å². The number of fused-ring (bicyclic) bond motifs is 1. The van der Waals surface area contributed by atoms with Crippen molar-refractivity contribution in [3.8, 4) is 5.75 Å². The Morgan fingerprint density at radius 3 is 2.12 bits per heavy atom. The highest BCUT2D eigenvalue weighted by Gasteiger charge is 2.38. The molecule has 7 amide bonds. The normalized spacial score (nSPS) is 22.8. The van der Waals surface area contributed by atoms with Crippen molar-refractivity contribution in [1.82, 2.24) is 31.9 Å². The number of thiol groups is 1. The number of rotatable bonds is 17. The number of nitrogens with two attached hydrogens (primary N) is 3. The van der Waals surface area contributed by atoms with E-state index in [1.165, 1.54) is 19.1 Å². The Hall–Kier alpha value is -5.91. The van der Waals surface area contributed by atoms with Gasteiger partial charge >= 0.3 is 0 Å². The van der Waals surface area contributed by atoms with Crippen LogP contribution >= 0.6 is 34.2 Å². The molecule has 9 atom stereocenters. The number of aliphatic hydroxyl groups excluding tert-OH is 1. The quantitative estimate of drug-likeness (QED) is 0.0513. The summed E-state index contributed by atoms with van der Waals surface area (Å²) in [5.74, 6) is -7.86. The van der Waals surface area contributed by atoms with Gasteiger partial charge in [0.05, 0.1) is 18.2 Å². The summed E-state index contributed by atoms with van der Waals surface area (Å²) in [4.78, 5) is 113. The molecule has 0 unspecified atom stereocenters. The number of ketones is 1. The van der Waals surface area contributed by atoms with Crippen molar-refractivity contribution in [2.45, 2.75) is 125 Å². The molecule has 0 saturated carbocycles. The van der Waals surface area contributed by atoms with Crippen LogP contribution in [0.5, 0.6) is 5.75 Å². The Morgan fingerprint density at radius 1 is 0.811 bits per heavy atom. The van der Waals surface area contributed by atoms with Crippen LogP contribution < -0.4 is 49.1 Å². The average molecular weight is 1080 g/mol. The molecule has 22 heteroatoms. The molecule has 74 heavy (non-hydrogen) atoms. The number of aliphatic hydroxyl groups is 1. The van der Waals surface area contributed by atoms with Gasteiger partial charge in [0.15, 0.2) is 5.78 Å². The van der Waals surface area contributed by atoms with Crippen LogP contribution in [0.1, 0.15) is 75.1 Å². The van der Waals surface area contributed by atoms with Crippen LogP contribution in [0.2, 0.25) is 0 Å². The summed E-state index contributed by atoms with van der Waals surface area (Å²) < 4.78 is -1.16. The number of carbonyl (C=O) groups is 8. The van der Waals surface area contributed by atoms with Crippen molar-refractivity contribution in [3.05, 3.63) is 107 Å². The zero-order valence-electron chi connectivity index (χ0n) is 41.7. The van der Waals surface area contributed by atoms with Crippen LogP contribution in [-0.2, 0) is 57.6 Å². The lowest BCUT2D eigenvalue weighted by atomic mass is 9.90. The maximum atomic E-state index is 14.8. The van der Waals surface area contributed by atoms with Crippen LogP contribution in [0.3, 0.4) is 0 Å². The van der Waals surface area contributed by atoms with Gasteiger partial charge < -0.3 is 59.3 Å². The number of phenols is 1. The average Bonchev–Trinajstić information content (AvgIpc) is 3.76. The molecule has 0 spiro atoms. The lowest BCUT2D eigenvalue weighted by Crippen LogP contribution is -2.62. The van der Waals surface area contributed by atoms with Crippen LogP contribution in [-0.4, -0.2) is 129 Å². The van der Waals surface area contributed by atoms with E-state index in [1.54, 1.807) is 50.2 Å². The second kappa shape index (κ2) is 28.1. The summed E-state index contributed by atoms with van der Waals surface area (Å²) in [7, 11) is 2.07. The number of amides is 7. The molecule has 1 saturated heterocycles. The molecule has 0 bridgehead atoms. The fourth-order valence-corrected chi connectivity index (χ4v) is 11.0. The number of carbonyl (C=O) groups excluding carboxylic acids is 8. The van der Waals surface area contributed by atoms with Gasteiger partial charge in [-0.25, -0.2) is 0 Å². The Kier molecular flexibility index (Phi) is 22.4. The summed E-state index contributed by atoms with van der Waals surface area (Å²) in [5.41, 5.74) is 21.8. The molecule has 3 aromatic rings. The van der Waals surface area contributed by atoms with Gasteiger partial charge in [0.25, 0.3) is 0 Å². The van der Waals surface area contributed by atoms with Gasteiger partial charge in [0, 0.05) is 35.0 Å². The molecule has 1 fully saturated rings. The number of hydrogen-bond donors (Lipinski definition) is 12. The zero-order chi connectivity index (χ0) is 54.1. The maximum Gasteiger partial charge on any atom is 0.245 e. The molecule has 0 aromatic heterocycles. The number of nitrogens with one attached hydrogen (secondary N) is 6. The van der Waals surface area contributed by atoms with Gasteiger partial charge in [0.2, 0.25) is 41.4 Å². The van der Waals surface area contributed by atoms with Gasteiger partial charge in [-0.3, -0.25) is 38.4 Å². The summed E-state index contributed by atoms with van der Waals surface area (Å²) in [6, 6.07) is 13.2. The zero-order valence-corrected chi connectivity index (χ0v) is 44.2. The molecule has 5 rings (SSSR count). The van der Waals surface area contributed by atoms with E-state index in [0.29, 0.717) is 24.8 Å². The van der Waals surface area contributed by atoms with E-state index in [0.717, 1.165) is 43.9 Å². The number of aromatic hydroxyl groups is 1.